The van der Waals surface area contributed by atoms with Crippen LogP contribution in [0.1, 0.15) is 17.3 Å². The van der Waals surface area contributed by atoms with E-state index in [1.54, 1.807) is 0 Å². The number of ether oxygens (including phenoxy) is 1. The van der Waals surface area contributed by atoms with Crippen LogP contribution < -0.4 is 4.74 Å². The monoisotopic (exact) mass is 417 g/mol. The molecule has 6 heteroatoms. The Morgan fingerprint density at radius 1 is 0.812 bits per heavy atom. The Morgan fingerprint density at radius 2 is 1.66 bits per heavy atom. The summed E-state index contributed by atoms with van der Waals surface area (Å²) < 4.78 is 6.04. The standard InChI is InChI=1S/C26H19N5O/c1-13-28-21-12-32-22-11-16(6-8-18(22)24(21)29-13)15-5-7-17-20(10-15)23-19(4-3-9-27-23)26-25(17)30-14(2)31-26/h3-11H,12H2,1-2H3,(H,28,29)(H,30,31). The van der Waals surface area contributed by atoms with Gasteiger partial charge in [-0.1, -0.05) is 18.2 Å². The highest BCUT2D eigenvalue weighted by atomic mass is 16.5. The van der Waals surface area contributed by atoms with Crippen molar-refractivity contribution in [1.82, 2.24) is 24.9 Å². The lowest BCUT2D eigenvalue weighted by molar-refractivity contribution is 0.298. The maximum absolute atomic E-state index is 6.04. The van der Waals surface area contributed by atoms with Crippen LogP contribution in [0.25, 0.3) is 55.1 Å². The van der Waals surface area contributed by atoms with E-state index >= 15 is 0 Å². The van der Waals surface area contributed by atoms with Gasteiger partial charge in [-0.15, -0.1) is 0 Å². The molecule has 6 nitrogen and oxygen atoms in total. The number of aromatic amines is 2. The van der Waals surface area contributed by atoms with E-state index in [-0.39, 0.29) is 0 Å². The van der Waals surface area contributed by atoms with Crippen LogP contribution in [0.4, 0.5) is 0 Å². The van der Waals surface area contributed by atoms with Gasteiger partial charge >= 0.3 is 0 Å². The second kappa shape index (κ2) is 6.17. The van der Waals surface area contributed by atoms with Crippen LogP contribution in [0.5, 0.6) is 5.75 Å². The first-order valence-electron chi connectivity index (χ1n) is 10.7. The summed E-state index contributed by atoms with van der Waals surface area (Å²) in [5.41, 5.74) is 8.30. The van der Waals surface area contributed by atoms with Gasteiger partial charge in [-0.25, -0.2) is 9.97 Å². The Bertz CT molecular complexity index is 1710. The van der Waals surface area contributed by atoms with Crippen LogP contribution in [0.2, 0.25) is 0 Å². The molecule has 0 aliphatic carbocycles. The van der Waals surface area contributed by atoms with Crippen molar-refractivity contribution in [3.05, 3.63) is 72.1 Å². The predicted molar refractivity (Wildman–Crippen MR) is 126 cm³/mol. The van der Waals surface area contributed by atoms with Crippen molar-refractivity contribution in [2.75, 3.05) is 0 Å². The zero-order chi connectivity index (χ0) is 21.4. The summed E-state index contributed by atoms with van der Waals surface area (Å²) in [5, 5.41) is 3.30. The van der Waals surface area contributed by atoms with Crippen molar-refractivity contribution < 1.29 is 4.74 Å². The van der Waals surface area contributed by atoms with E-state index in [9.17, 15) is 0 Å². The third kappa shape index (κ3) is 2.37. The molecule has 0 radical (unpaired) electrons. The molecule has 32 heavy (non-hydrogen) atoms. The van der Waals surface area contributed by atoms with E-state index in [0.29, 0.717) is 6.61 Å². The summed E-state index contributed by atoms with van der Waals surface area (Å²) in [7, 11) is 0. The van der Waals surface area contributed by atoms with E-state index in [0.717, 1.165) is 78.2 Å². The maximum Gasteiger partial charge on any atom is 0.132 e. The lowest BCUT2D eigenvalue weighted by atomic mass is 9.96. The van der Waals surface area contributed by atoms with Crippen LogP contribution in [0.3, 0.4) is 0 Å². The molecule has 6 aromatic rings. The number of pyridine rings is 1. The average Bonchev–Trinajstić information content (AvgIpc) is 3.40. The average molecular weight is 417 g/mol. The molecule has 1 aliphatic rings. The second-order valence-corrected chi connectivity index (χ2v) is 8.35. The Kier molecular flexibility index (Phi) is 3.37. The largest absolute Gasteiger partial charge is 0.486 e. The number of aryl methyl sites for hydroxylation is 2. The number of benzene rings is 3. The first kappa shape index (κ1) is 17.5. The van der Waals surface area contributed by atoms with Crippen LogP contribution in [0.15, 0.2) is 54.7 Å². The highest BCUT2D eigenvalue weighted by Gasteiger charge is 2.21. The minimum atomic E-state index is 0.486. The van der Waals surface area contributed by atoms with Gasteiger partial charge in [-0.2, -0.15) is 0 Å². The van der Waals surface area contributed by atoms with Crippen molar-refractivity contribution in [3.63, 3.8) is 0 Å². The summed E-state index contributed by atoms with van der Waals surface area (Å²) in [6.07, 6.45) is 1.84. The minimum Gasteiger partial charge on any atom is -0.486 e. The SMILES string of the molecule is Cc1nc2c([nH]1)-c1ccc(-c3ccc4c(c3)c3ncccc3c3nc(C)[nH]c43)cc1OC2. The Labute approximate surface area is 183 Å². The molecule has 0 saturated heterocycles. The van der Waals surface area contributed by atoms with Gasteiger partial charge < -0.3 is 14.7 Å². The van der Waals surface area contributed by atoms with Crippen LogP contribution in [-0.4, -0.2) is 24.9 Å². The van der Waals surface area contributed by atoms with Gasteiger partial charge in [0.05, 0.1) is 22.2 Å². The summed E-state index contributed by atoms with van der Waals surface area (Å²) in [5.74, 6) is 2.69. The first-order valence-corrected chi connectivity index (χ1v) is 10.7. The molecule has 0 unspecified atom stereocenters. The van der Waals surface area contributed by atoms with Crippen molar-refractivity contribution in [2.45, 2.75) is 20.5 Å². The molecule has 3 aromatic carbocycles. The normalized spacial score (nSPS) is 12.8. The van der Waals surface area contributed by atoms with Crippen LogP contribution >= 0.6 is 0 Å². The number of hydrogen-bond donors (Lipinski definition) is 2. The number of aromatic nitrogens is 5. The number of rotatable bonds is 1. The summed E-state index contributed by atoms with van der Waals surface area (Å²) >= 11 is 0. The van der Waals surface area contributed by atoms with Crippen LogP contribution in [0, 0.1) is 13.8 Å². The molecule has 4 heterocycles. The molecule has 0 saturated carbocycles. The van der Waals surface area contributed by atoms with Gasteiger partial charge in [0.2, 0.25) is 0 Å². The minimum absolute atomic E-state index is 0.486. The zero-order valence-corrected chi connectivity index (χ0v) is 17.7. The zero-order valence-electron chi connectivity index (χ0n) is 17.7. The molecule has 154 valence electrons. The smallest absolute Gasteiger partial charge is 0.132 e. The van der Waals surface area contributed by atoms with Gasteiger partial charge in [-0.3, -0.25) is 4.98 Å². The van der Waals surface area contributed by atoms with Gasteiger partial charge in [-0.05, 0) is 55.3 Å². The first-order chi connectivity index (χ1) is 15.7. The quantitative estimate of drug-likeness (QED) is 0.330. The molecule has 1 aliphatic heterocycles. The lowest BCUT2D eigenvalue weighted by Crippen LogP contribution is -2.05. The molecule has 3 aromatic heterocycles. The summed E-state index contributed by atoms with van der Waals surface area (Å²) in [6, 6.07) is 17.0. The van der Waals surface area contributed by atoms with E-state index in [1.165, 1.54) is 0 Å². The lowest BCUT2D eigenvalue weighted by Gasteiger charge is -2.18. The molecular weight excluding hydrogens is 398 g/mol. The molecular formula is C26H19N5O. The van der Waals surface area contributed by atoms with E-state index in [2.05, 4.69) is 57.4 Å². The molecule has 0 fully saturated rings. The maximum atomic E-state index is 6.04. The molecule has 2 N–H and O–H groups in total. The number of imidazole rings is 2. The van der Waals surface area contributed by atoms with Gasteiger partial charge in [0.1, 0.15) is 29.7 Å². The van der Waals surface area contributed by atoms with E-state index < -0.39 is 0 Å². The van der Waals surface area contributed by atoms with Gasteiger partial charge in [0.15, 0.2) is 0 Å². The molecule has 0 atom stereocenters. The highest BCUT2D eigenvalue weighted by molar-refractivity contribution is 6.22. The fourth-order valence-electron chi connectivity index (χ4n) is 4.87. The molecule has 0 spiro atoms. The number of H-pyrrole nitrogens is 2. The fraction of sp³-hybridized carbons (Fsp3) is 0.115. The third-order valence-electron chi connectivity index (χ3n) is 6.27. The topological polar surface area (TPSA) is 79.5 Å². The highest BCUT2D eigenvalue weighted by Crippen LogP contribution is 2.40. The van der Waals surface area contributed by atoms with Crippen molar-refractivity contribution in [3.8, 4) is 28.1 Å². The van der Waals surface area contributed by atoms with Crippen molar-refractivity contribution in [1.29, 1.82) is 0 Å². The van der Waals surface area contributed by atoms with Crippen LogP contribution in [-0.2, 0) is 6.61 Å². The second-order valence-electron chi connectivity index (χ2n) is 8.35. The summed E-state index contributed by atoms with van der Waals surface area (Å²) in [4.78, 5) is 20.8. The predicted octanol–water partition coefficient (Wildman–Crippen LogP) is 5.83. The number of nitrogens with zero attached hydrogens (tertiary/aromatic N) is 3. The molecule has 0 amide bonds. The molecule has 0 bridgehead atoms. The Balaban J connectivity index is 1.45. The Morgan fingerprint density at radius 3 is 2.59 bits per heavy atom. The van der Waals surface area contributed by atoms with E-state index in [1.807, 2.05) is 26.1 Å². The van der Waals surface area contributed by atoms with Crippen molar-refractivity contribution in [2.24, 2.45) is 0 Å². The number of fused-ring (bicyclic) bond motifs is 9. The third-order valence-corrected chi connectivity index (χ3v) is 6.27. The van der Waals surface area contributed by atoms with E-state index in [4.69, 9.17) is 14.7 Å². The van der Waals surface area contributed by atoms with Gasteiger partial charge in [0, 0.05) is 27.9 Å². The van der Waals surface area contributed by atoms with Gasteiger partial charge in [0.25, 0.3) is 0 Å². The number of nitrogens with one attached hydrogen (secondary N) is 2. The summed E-state index contributed by atoms with van der Waals surface area (Å²) in [6.45, 7) is 4.44. The molecule has 7 rings (SSSR count). The fourth-order valence-corrected chi connectivity index (χ4v) is 4.87. The Hall–Kier alpha value is -4.19. The van der Waals surface area contributed by atoms with Crippen molar-refractivity contribution >= 4 is 32.7 Å². The number of hydrogen-bond acceptors (Lipinski definition) is 4.